The molecule has 0 amide bonds. The van der Waals surface area contributed by atoms with Crippen LogP contribution in [0.1, 0.15) is 32.8 Å². The second kappa shape index (κ2) is 8.25. The van der Waals surface area contributed by atoms with Crippen molar-refractivity contribution in [1.29, 1.82) is 0 Å². The maximum Gasteiger partial charge on any atom is 0.165 e. The Hall–Kier alpha value is -1.26. The van der Waals surface area contributed by atoms with Crippen molar-refractivity contribution in [3.05, 3.63) is 23.8 Å². The summed E-state index contributed by atoms with van der Waals surface area (Å²) in [6.07, 6.45) is 1.00. The molecule has 1 aromatic rings. The lowest BCUT2D eigenvalue weighted by Crippen LogP contribution is -2.48. The Bertz CT molecular complexity index is 437. The maximum absolute atomic E-state index is 5.97. The summed E-state index contributed by atoms with van der Waals surface area (Å²) >= 11 is 0. The van der Waals surface area contributed by atoms with Crippen molar-refractivity contribution in [2.45, 2.75) is 39.8 Å². The van der Waals surface area contributed by atoms with Gasteiger partial charge in [-0.05, 0) is 26.3 Å². The lowest BCUT2D eigenvalue weighted by Gasteiger charge is -2.32. The van der Waals surface area contributed by atoms with Crippen LogP contribution in [0.15, 0.2) is 18.2 Å². The molecule has 0 aliphatic carbocycles. The molecule has 118 valence electrons. The van der Waals surface area contributed by atoms with E-state index in [0.29, 0.717) is 12.6 Å². The molecule has 1 saturated heterocycles. The smallest absolute Gasteiger partial charge is 0.165 e. The minimum Gasteiger partial charge on any atom is -0.490 e. The number of para-hydroxylation sites is 1. The highest BCUT2D eigenvalue weighted by Crippen LogP contribution is 2.32. The van der Waals surface area contributed by atoms with Crippen LogP contribution in [-0.4, -0.2) is 43.8 Å². The predicted octanol–water partition coefficient (Wildman–Crippen LogP) is 2.67. The van der Waals surface area contributed by atoms with Gasteiger partial charge in [0, 0.05) is 37.8 Å². The molecule has 4 heteroatoms. The molecule has 0 bridgehead atoms. The van der Waals surface area contributed by atoms with Crippen LogP contribution in [0.2, 0.25) is 0 Å². The zero-order chi connectivity index (χ0) is 15.1. The van der Waals surface area contributed by atoms with E-state index in [0.717, 1.165) is 50.7 Å². The summed E-state index contributed by atoms with van der Waals surface area (Å²) in [7, 11) is 0. The molecular formula is C17H28N2O2. The van der Waals surface area contributed by atoms with Gasteiger partial charge in [0.05, 0.1) is 13.2 Å². The van der Waals surface area contributed by atoms with Crippen LogP contribution < -0.4 is 14.8 Å². The van der Waals surface area contributed by atoms with E-state index in [1.165, 1.54) is 5.56 Å². The molecule has 0 aromatic heterocycles. The number of piperazine rings is 1. The minimum absolute atomic E-state index is 0.550. The first-order valence-electron chi connectivity index (χ1n) is 8.07. The second-order valence-electron chi connectivity index (χ2n) is 5.62. The molecule has 0 radical (unpaired) electrons. The lowest BCUT2D eigenvalue weighted by molar-refractivity contribution is 0.194. The van der Waals surface area contributed by atoms with Crippen LogP contribution >= 0.6 is 0 Å². The number of hydrogen-bond donors (Lipinski definition) is 1. The van der Waals surface area contributed by atoms with Crippen LogP contribution in [0.3, 0.4) is 0 Å². The Balaban J connectivity index is 2.14. The summed E-state index contributed by atoms with van der Waals surface area (Å²) in [5.74, 6) is 1.79. The topological polar surface area (TPSA) is 33.7 Å². The first kappa shape index (κ1) is 16.1. The predicted molar refractivity (Wildman–Crippen MR) is 86.1 cm³/mol. The van der Waals surface area contributed by atoms with Gasteiger partial charge in [-0.25, -0.2) is 0 Å². The number of nitrogens with zero attached hydrogens (tertiary/aromatic N) is 1. The van der Waals surface area contributed by atoms with Gasteiger partial charge < -0.3 is 14.8 Å². The van der Waals surface area contributed by atoms with Gasteiger partial charge in [0.2, 0.25) is 0 Å². The monoisotopic (exact) mass is 292 g/mol. The van der Waals surface area contributed by atoms with Crippen LogP contribution in [0.25, 0.3) is 0 Å². The van der Waals surface area contributed by atoms with Crippen LogP contribution in [0.4, 0.5) is 0 Å². The zero-order valence-electron chi connectivity index (χ0n) is 13.5. The molecule has 1 aromatic carbocycles. The molecule has 1 unspecified atom stereocenters. The van der Waals surface area contributed by atoms with E-state index >= 15 is 0 Å². The third-order valence-corrected chi connectivity index (χ3v) is 3.66. The maximum atomic E-state index is 5.97. The SMILES string of the molecule is CCCOc1c(CN2CCNC(C)C2)cccc1OCC. The number of nitrogens with one attached hydrogen (secondary N) is 1. The Kier molecular flexibility index (Phi) is 6.33. The molecule has 1 heterocycles. The molecule has 4 nitrogen and oxygen atoms in total. The molecular weight excluding hydrogens is 264 g/mol. The average molecular weight is 292 g/mol. The first-order chi connectivity index (χ1) is 10.2. The molecule has 2 rings (SSSR count). The Morgan fingerprint density at radius 3 is 2.86 bits per heavy atom. The van der Waals surface area contributed by atoms with Crippen molar-refractivity contribution in [2.75, 3.05) is 32.8 Å². The third-order valence-electron chi connectivity index (χ3n) is 3.66. The lowest BCUT2D eigenvalue weighted by atomic mass is 10.1. The first-order valence-corrected chi connectivity index (χ1v) is 8.07. The molecule has 1 fully saturated rings. The summed E-state index contributed by atoms with van der Waals surface area (Å²) in [6, 6.07) is 6.76. The quantitative estimate of drug-likeness (QED) is 0.838. The van der Waals surface area contributed by atoms with Gasteiger partial charge >= 0.3 is 0 Å². The molecule has 0 spiro atoms. The summed E-state index contributed by atoms with van der Waals surface area (Å²) in [5, 5.41) is 3.48. The van der Waals surface area contributed by atoms with E-state index in [1.807, 2.05) is 13.0 Å². The largest absolute Gasteiger partial charge is 0.490 e. The summed E-state index contributed by atoms with van der Waals surface area (Å²) in [4.78, 5) is 2.48. The number of rotatable bonds is 7. The van der Waals surface area contributed by atoms with E-state index < -0.39 is 0 Å². The van der Waals surface area contributed by atoms with Crippen LogP contribution in [0.5, 0.6) is 11.5 Å². The highest BCUT2D eigenvalue weighted by molar-refractivity contribution is 5.46. The number of ether oxygens (including phenoxy) is 2. The molecule has 1 aliphatic heterocycles. The highest BCUT2D eigenvalue weighted by Gasteiger charge is 2.18. The third kappa shape index (κ3) is 4.61. The summed E-state index contributed by atoms with van der Waals surface area (Å²) in [6.45, 7) is 11.9. The van der Waals surface area contributed by atoms with Gasteiger partial charge in [-0.15, -0.1) is 0 Å². The van der Waals surface area contributed by atoms with E-state index in [9.17, 15) is 0 Å². The van der Waals surface area contributed by atoms with Gasteiger partial charge in [-0.1, -0.05) is 19.1 Å². The van der Waals surface area contributed by atoms with Gasteiger partial charge in [0.15, 0.2) is 11.5 Å². The van der Waals surface area contributed by atoms with Gasteiger partial charge in [-0.3, -0.25) is 4.90 Å². The van der Waals surface area contributed by atoms with Crippen molar-refractivity contribution < 1.29 is 9.47 Å². The fourth-order valence-electron chi connectivity index (χ4n) is 2.72. The van der Waals surface area contributed by atoms with Crippen molar-refractivity contribution in [1.82, 2.24) is 10.2 Å². The fourth-order valence-corrected chi connectivity index (χ4v) is 2.72. The number of benzene rings is 1. The standard InChI is InChI=1S/C17H28N2O2/c1-4-11-21-17-15(7-6-8-16(17)20-5-2)13-19-10-9-18-14(3)12-19/h6-8,14,18H,4-5,9-13H2,1-3H3. The van der Waals surface area contributed by atoms with E-state index in [1.54, 1.807) is 0 Å². The Morgan fingerprint density at radius 2 is 2.14 bits per heavy atom. The van der Waals surface area contributed by atoms with E-state index in [2.05, 4.69) is 36.2 Å². The molecule has 1 atom stereocenters. The van der Waals surface area contributed by atoms with Crippen molar-refractivity contribution >= 4 is 0 Å². The molecule has 1 N–H and O–H groups in total. The minimum atomic E-state index is 0.550. The van der Waals surface area contributed by atoms with Gasteiger partial charge in [-0.2, -0.15) is 0 Å². The fraction of sp³-hybridized carbons (Fsp3) is 0.647. The molecule has 1 aliphatic rings. The van der Waals surface area contributed by atoms with Gasteiger partial charge in [0.25, 0.3) is 0 Å². The average Bonchev–Trinajstić information content (AvgIpc) is 2.47. The van der Waals surface area contributed by atoms with E-state index in [-0.39, 0.29) is 0 Å². The number of hydrogen-bond acceptors (Lipinski definition) is 4. The summed E-state index contributed by atoms with van der Waals surface area (Å²) in [5.41, 5.74) is 1.23. The Labute approximate surface area is 128 Å². The Morgan fingerprint density at radius 1 is 1.29 bits per heavy atom. The molecule has 21 heavy (non-hydrogen) atoms. The second-order valence-corrected chi connectivity index (χ2v) is 5.62. The zero-order valence-corrected chi connectivity index (χ0v) is 13.5. The van der Waals surface area contributed by atoms with Crippen molar-refractivity contribution in [2.24, 2.45) is 0 Å². The van der Waals surface area contributed by atoms with E-state index in [4.69, 9.17) is 9.47 Å². The summed E-state index contributed by atoms with van der Waals surface area (Å²) < 4.78 is 11.7. The van der Waals surface area contributed by atoms with Crippen molar-refractivity contribution in [3.63, 3.8) is 0 Å². The van der Waals surface area contributed by atoms with Crippen LogP contribution in [-0.2, 0) is 6.54 Å². The van der Waals surface area contributed by atoms with Gasteiger partial charge in [0.1, 0.15) is 0 Å². The highest BCUT2D eigenvalue weighted by atomic mass is 16.5. The normalized spacial score (nSPS) is 19.5. The molecule has 0 saturated carbocycles. The van der Waals surface area contributed by atoms with Crippen molar-refractivity contribution in [3.8, 4) is 11.5 Å². The van der Waals surface area contributed by atoms with Crippen LogP contribution in [0, 0.1) is 0 Å².